The summed E-state index contributed by atoms with van der Waals surface area (Å²) < 4.78 is 27.5. The second-order valence-electron chi connectivity index (χ2n) is 4.93. The van der Waals surface area contributed by atoms with Gasteiger partial charge >= 0.3 is 0 Å². The predicted octanol–water partition coefficient (Wildman–Crippen LogP) is 2.02. The molecule has 0 spiro atoms. The van der Waals surface area contributed by atoms with Gasteiger partial charge in [-0.15, -0.1) is 0 Å². The summed E-state index contributed by atoms with van der Waals surface area (Å²) in [5.74, 6) is 1.04. The summed E-state index contributed by atoms with van der Waals surface area (Å²) in [6.07, 6.45) is 4.12. The standard InChI is InChI=1S/C14H18O4S/c1-19(16,17)9-3-8-18-12-6-7-13-11(10-12)4-2-5-14(13)15/h6-7,10H,2-5,8-9H2,1H3. The van der Waals surface area contributed by atoms with Crippen molar-refractivity contribution in [1.82, 2.24) is 0 Å². The topological polar surface area (TPSA) is 60.4 Å². The zero-order chi connectivity index (χ0) is 13.9. The van der Waals surface area contributed by atoms with E-state index in [-0.39, 0.29) is 11.5 Å². The molecule has 0 saturated heterocycles. The molecule has 0 bridgehead atoms. The van der Waals surface area contributed by atoms with Gasteiger partial charge in [-0.2, -0.15) is 0 Å². The molecule has 0 amide bonds. The highest BCUT2D eigenvalue weighted by Crippen LogP contribution is 2.25. The number of fused-ring (bicyclic) bond motifs is 1. The maximum absolute atomic E-state index is 11.7. The monoisotopic (exact) mass is 282 g/mol. The third-order valence-corrected chi connectivity index (χ3v) is 4.19. The minimum atomic E-state index is -2.92. The van der Waals surface area contributed by atoms with Crippen LogP contribution in [0.1, 0.15) is 35.2 Å². The van der Waals surface area contributed by atoms with Crippen LogP contribution in [0.2, 0.25) is 0 Å². The smallest absolute Gasteiger partial charge is 0.163 e. The van der Waals surface area contributed by atoms with Gasteiger partial charge in [-0.05, 0) is 43.0 Å². The normalized spacial score (nSPS) is 15.1. The van der Waals surface area contributed by atoms with Crippen LogP contribution in [0.3, 0.4) is 0 Å². The van der Waals surface area contributed by atoms with Gasteiger partial charge in [-0.1, -0.05) is 0 Å². The van der Waals surface area contributed by atoms with Crippen LogP contribution in [0.5, 0.6) is 5.75 Å². The molecule has 0 aromatic heterocycles. The highest BCUT2D eigenvalue weighted by Gasteiger charge is 2.17. The van der Waals surface area contributed by atoms with Crippen LogP contribution >= 0.6 is 0 Å². The number of ether oxygens (including phenoxy) is 1. The second-order valence-corrected chi connectivity index (χ2v) is 7.19. The fourth-order valence-corrected chi connectivity index (χ4v) is 2.87. The fourth-order valence-electron chi connectivity index (χ4n) is 2.22. The van der Waals surface area contributed by atoms with E-state index < -0.39 is 9.84 Å². The average Bonchev–Trinajstić information content (AvgIpc) is 2.34. The Morgan fingerprint density at radius 3 is 2.79 bits per heavy atom. The Bertz CT molecular complexity index is 575. The molecule has 5 heteroatoms. The van der Waals surface area contributed by atoms with E-state index in [0.29, 0.717) is 25.2 Å². The van der Waals surface area contributed by atoms with Gasteiger partial charge in [0.25, 0.3) is 0 Å². The molecule has 0 atom stereocenters. The predicted molar refractivity (Wildman–Crippen MR) is 73.5 cm³/mol. The van der Waals surface area contributed by atoms with Crippen LogP contribution in [-0.4, -0.2) is 32.8 Å². The van der Waals surface area contributed by atoms with Gasteiger partial charge in [-0.3, -0.25) is 4.79 Å². The van der Waals surface area contributed by atoms with Crippen LogP contribution in [0.4, 0.5) is 0 Å². The van der Waals surface area contributed by atoms with Crippen molar-refractivity contribution >= 4 is 15.6 Å². The number of aryl methyl sites for hydroxylation is 1. The molecule has 104 valence electrons. The lowest BCUT2D eigenvalue weighted by Crippen LogP contribution is -2.11. The van der Waals surface area contributed by atoms with E-state index in [9.17, 15) is 13.2 Å². The van der Waals surface area contributed by atoms with Gasteiger partial charge in [0, 0.05) is 18.2 Å². The number of ketones is 1. The maximum Gasteiger partial charge on any atom is 0.163 e. The molecule has 0 N–H and O–H groups in total. The van der Waals surface area contributed by atoms with Gasteiger partial charge in [0.2, 0.25) is 0 Å². The van der Waals surface area contributed by atoms with E-state index in [1.54, 1.807) is 6.07 Å². The summed E-state index contributed by atoms with van der Waals surface area (Å²) >= 11 is 0. The van der Waals surface area contributed by atoms with Gasteiger partial charge in [0.15, 0.2) is 5.78 Å². The lowest BCUT2D eigenvalue weighted by molar-refractivity contribution is 0.0972. The van der Waals surface area contributed by atoms with Gasteiger partial charge in [0.1, 0.15) is 15.6 Å². The molecule has 1 aromatic carbocycles. The van der Waals surface area contributed by atoms with Crippen molar-refractivity contribution in [3.63, 3.8) is 0 Å². The van der Waals surface area contributed by atoms with Gasteiger partial charge < -0.3 is 4.74 Å². The van der Waals surface area contributed by atoms with Gasteiger partial charge in [-0.25, -0.2) is 8.42 Å². The van der Waals surface area contributed by atoms with Crippen molar-refractivity contribution in [3.8, 4) is 5.75 Å². The lowest BCUT2D eigenvalue weighted by atomic mass is 9.91. The first kappa shape index (κ1) is 14.1. The Balaban J connectivity index is 1.93. The largest absolute Gasteiger partial charge is 0.494 e. The van der Waals surface area contributed by atoms with Crippen molar-refractivity contribution < 1.29 is 17.9 Å². The third-order valence-electron chi connectivity index (χ3n) is 3.16. The van der Waals surface area contributed by atoms with Crippen molar-refractivity contribution in [1.29, 1.82) is 0 Å². The third kappa shape index (κ3) is 4.06. The summed E-state index contributed by atoms with van der Waals surface area (Å²) in [7, 11) is -2.92. The molecule has 0 fully saturated rings. The maximum atomic E-state index is 11.7. The summed E-state index contributed by atoms with van der Waals surface area (Å²) in [4.78, 5) is 11.7. The van der Waals surface area contributed by atoms with E-state index in [4.69, 9.17) is 4.74 Å². The number of rotatable bonds is 5. The molecule has 1 aliphatic carbocycles. The molecule has 1 aromatic rings. The summed E-state index contributed by atoms with van der Waals surface area (Å²) in [6.45, 7) is 0.375. The molecule has 0 saturated carbocycles. The number of sulfone groups is 1. The van der Waals surface area contributed by atoms with Crippen LogP contribution in [0.25, 0.3) is 0 Å². The Morgan fingerprint density at radius 1 is 1.26 bits per heavy atom. The van der Waals surface area contributed by atoms with E-state index in [0.717, 1.165) is 24.0 Å². The van der Waals surface area contributed by atoms with Crippen molar-refractivity contribution in [2.45, 2.75) is 25.7 Å². The molecular weight excluding hydrogens is 264 g/mol. The van der Waals surface area contributed by atoms with Crippen LogP contribution in [0, 0.1) is 0 Å². The Labute approximate surface area is 113 Å². The molecule has 19 heavy (non-hydrogen) atoms. The number of Topliss-reactive ketones (excluding diaryl/α,β-unsaturated/α-hetero) is 1. The summed E-state index contributed by atoms with van der Waals surface area (Å²) in [6, 6.07) is 5.48. The molecule has 0 aliphatic heterocycles. The Hall–Kier alpha value is -1.36. The number of benzene rings is 1. The van der Waals surface area contributed by atoms with E-state index in [2.05, 4.69) is 0 Å². The average molecular weight is 282 g/mol. The number of hydrogen-bond acceptors (Lipinski definition) is 4. The summed E-state index contributed by atoms with van der Waals surface area (Å²) in [5, 5.41) is 0. The zero-order valence-corrected chi connectivity index (χ0v) is 11.8. The second kappa shape index (κ2) is 5.74. The van der Waals surface area contributed by atoms with E-state index >= 15 is 0 Å². The number of carbonyl (C=O) groups is 1. The van der Waals surface area contributed by atoms with E-state index in [1.165, 1.54) is 6.26 Å². The van der Waals surface area contributed by atoms with E-state index in [1.807, 2.05) is 12.1 Å². The highest BCUT2D eigenvalue weighted by atomic mass is 32.2. The lowest BCUT2D eigenvalue weighted by Gasteiger charge is -2.15. The first-order valence-corrected chi connectivity index (χ1v) is 8.48. The number of hydrogen-bond donors (Lipinski definition) is 0. The van der Waals surface area contributed by atoms with Crippen LogP contribution in [-0.2, 0) is 16.3 Å². The van der Waals surface area contributed by atoms with Crippen LogP contribution < -0.4 is 4.74 Å². The Morgan fingerprint density at radius 2 is 2.05 bits per heavy atom. The molecule has 0 unspecified atom stereocenters. The first-order valence-electron chi connectivity index (χ1n) is 6.42. The minimum Gasteiger partial charge on any atom is -0.494 e. The minimum absolute atomic E-state index is 0.135. The quantitative estimate of drug-likeness (QED) is 0.775. The van der Waals surface area contributed by atoms with Crippen molar-refractivity contribution in [2.75, 3.05) is 18.6 Å². The molecule has 4 nitrogen and oxygen atoms in total. The zero-order valence-electron chi connectivity index (χ0n) is 11.0. The molecule has 0 heterocycles. The molecule has 2 rings (SSSR count). The fraction of sp³-hybridized carbons (Fsp3) is 0.500. The number of carbonyl (C=O) groups excluding carboxylic acids is 1. The van der Waals surface area contributed by atoms with Gasteiger partial charge in [0.05, 0.1) is 12.4 Å². The van der Waals surface area contributed by atoms with Crippen molar-refractivity contribution in [2.24, 2.45) is 0 Å². The SMILES string of the molecule is CS(=O)(=O)CCCOc1ccc2c(c1)CCCC2=O. The van der Waals surface area contributed by atoms with Crippen molar-refractivity contribution in [3.05, 3.63) is 29.3 Å². The first-order chi connectivity index (χ1) is 8.96. The molecule has 1 aliphatic rings. The molecular formula is C14H18O4S. The molecule has 0 radical (unpaired) electrons. The Kier molecular flexibility index (Phi) is 4.24. The summed E-state index contributed by atoms with van der Waals surface area (Å²) in [5.41, 5.74) is 1.84. The highest BCUT2D eigenvalue weighted by molar-refractivity contribution is 7.90. The van der Waals surface area contributed by atoms with Crippen LogP contribution in [0.15, 0.2) is 18.2 Å².